The predicted octanol–water partition coefficient (Wildman–Crippen LogP) is 3.19. The first-order chi connectivity index (χ1) is 11.9. The van der Waals surface area contributed by atoms with E-state index in [0.29, 0.717) is 17.9 Å². The summed E-state index contributed by atoms with van der Waals surface area (Å²) in [4.78, 5) is 14.3. The Morgan fingerprint density at radius 2 is 1.88 bits per heavy atom. The Labute approximate surface area is 147 Å². The summed E-state index contributed by atoms with van der Waals surface area (Å²) >= 11 is 0. The van der Waals surface area contributed by atoms with Crippen LogP contribution in [0.15, 0.2) is 51.8 Å². The van der Waals surface area contributed by atoms with Crippen LogP contribution in [0, 0.1) is 6.92 Å². The zero-order valence-corrected chi connectivity index (χ0v) is 14.9. The van der Waals surface area contributed by atoms with Crippen LogP contribution in [-0.4, -0.2) is 27.2 Å². The van der Waals surface area contributed by atoms with Gasteiger partial charge in [0.2, 0.25) is 0 Å². The first-order valence-electron chi connectivity index (χ1n) is 8.00. The molecule has 2 aromatic rings. The van der Waals surface area contributed by atoms with E-state index >= 15 is 0 Å². The molecular weight excluding hydrogens is 338 g/mol. The quantitative estimate of drug-likeness (QED) is 0.911. The molecule has 1 amide bonds. The molecule has 6 nitrogen and oxygen atoms in total. The number of nitrogens with one attached hydrogen (secondary N) is 1. The van der Waals surface area contributed by atoms with E-state index < -0.39 is 10.0 Å². The number of carbonyl (C=O) groups excluding carboxylic acids is 1. The zero-order chi connectivity index (χ0) is 18.0. The Kier molecular flexibility index (Phi) is 4.59. The molecule has 25 heavy (non-hydrogen) atoms. The second-order valence-electron chi connectivity index (χ2n) is 5.89. The molecule has 0 aromatic heterocycles. The maximum absolute atomic E-state index is 12.4. The Morgan fingerprint density at radius 1 is 1.16 bits per heavy atom. The third kappa shape index (κ3) is 3.56. The second-order valence-corrected chi connectivity index (χ2v) is 7.49. The van der Waals surface area contributed by atoms with Crippen molar-refractivity contribution in [1.82, 2.24) is 0 Å². The number of nitrogens with zero attached hydrogens (tertiary/aromatic N) is 2. The zero-order valence-electron chi connectivity index (χ0n) is 14.1. The van der Waals surface area contributed by atoms with Gasteiger partial charge in [0.05, 0.1) is 5.69 Å². The lowest BCUT2D eigenvalue weighted by molar-refractivity contribution is 0.102. The largest absolute Gasteiger partial charge is 0.331 e. The number of anilines is 2. The van der Waals surface area contributed by atoms with Crippen molar-refractivity contribution in [3.63, 3.8) is 0 Å². The maximum Gasteiger partial charge on any atom is 0.285 e. The van der Waals surface area contributed by atoms with Crippen molar-refractivity contribution >= 4 is 33.6 Å². The molecule has 7 heteroatoms. The van der Waals surface area contributed by atoms with Crippen LogP contribution < -0.4 is 10.2 Å². The lowest BCUT2D eigenvalue weighted by Crippen LogP contribution is -2.28. The van der Waals surface area contributed by atoms with Crippen LogP contribution in [0.2, 0.25) is 0 Å². The van der Waals surface area contributed by atoms with E-state index in [0.717, 1.165) is 12.0 Å². The number of amides is 1. The number of rotatable bonds is 4. The highest BCUT2D eigenvalue weighted by atomic mass is 32.2. The molecule has 1 aliphatic rings. The summed E-state index contributed by atoms with van der Waals surface area (Å²) < 4.78 is 28.1. The molecule has 0 bridgehead atoms. The number of hydrogen-bond donors (Lipinski definition) is 1. The normalized spacial score (nSPS) is 14.9. The molecule has 0 radical (unpaired) electrons. The minimum Gasteiger partial charge on any atom is -0.331 e. The number of carbonyl (C=O) groups is 1. The molecule has 1 aliphatic heterocycles. The third-order valence-corrected chi connectivity index (χ3v) is 5.16. The number of fused-ring (bicyclic) bond motifs is 1. The summed E-state index contributed by atoms with van der Waals surface area (Å²) in [6.45, 7) is 4.61. The van der Waals surface area contributed by atoms with E-state index in [4.69, 9.17) is 0 Å². The Balaban J connectivity index is 1.92. The van der Waals surface area contributed by atoms with E-state index in [9.17, 15) is 13.2 Å². The van der Waals surface area contributed by atoms with E-state index in [1.165, 1.54) is 12.4 Å². The lowest BCUT2D eigenvalue weighted by atomic mass is 10.1. The van der Waals surface area contributed by atoms with Gasteiger partial charge in [0.25, 0.3) is 15.9 Å². The fraction of sp³-hybridized carbons (Fsp3) is 0.222. The van der Waals surface area contributed by atoms with Gasteiger partial charge in [0.1, 0.15) is 11.2 Å². The van der Waals surface area contributed by atoms with Crippen LogP contribution in [0.25, 0.3) is 0 Å². The van der Waals surface area contributed by atoms with Crippen molar-refractivity contribution in [3.8, 4) is 0 Å². The van der Waals surface area contributed by atoms with Gasteiger partial charge in [0.15, 0.2) is 0 Å². The van der Waals surface area contributed by atoms with Gasteiger partial charge in [-0.1, -0.05) is 24.6 Å². The van der Waals surface area contributed by atoms with Crippen molar-refractivity contribution in [2.24, 2.45) is 4.40 Å². The molecule has 3 rings (SSSR count). The van der Waals surface area contributed by atoms with Crippen LogP contribution in [0.5, 0.6) is 0 Å². The van der Waals surface area contributed by atoms with Crippen molar-refractivity contribution in [2.45, 2.75) is 25.2 Å². The number of hydrogen-bond acceptors (Lipinski definition) is 4. The van der Waals surface area contributed by atoms with E-state index in [1.807, 2.05) is 26.0 Å². The van der Waals surface area contributed by atoms with Gasteiger partial charge in [-0.25, -0.2) is 0 Å². The van der Waals surface area contributed by atoms with Crippen LogP contribution in [0.3, 0.4) is 0 Å². The fourth-order valence-corrected chi connectivity index (χ4v) is 3.67. The van der Waals surface area contributed by atoms with Gasteiger partial charge in [-0.2, -0.15) is 8.42 Å². The number of aryl methyl sites for hydroxylation is 1. The first kappa shape index (κ1) is 17.2. The summed E-state index contributed by atoms with van der Waals surface area (Å²) in [5.74, 6) is -0.363. The molecule has 2 aromatic carbocycles. The van der Waals surface area contributed by atoms with Gasteiger partial charge in [-0.05, 0) is 43.7 Å². The molecule has 1 heterocycles. The first-order valence-corrected chi connectivity index (χ1v) is 9.44. The van der Waals surface area contributed by atoms with Crippen LogP contribution in [-0.2, 0) is 10.0 Å². The summed E-state index contributed by atoms with van der Waals surface area (Å²) in [7, 11) is -3.78. The molecule has 130 valence electrons. The van der Waals surface area contributed by atoms with Crippen LogP contribution in [0.1, 0.15) is 29.3 Å². The standard InChI is InChI=1S/C18H19N3O3S/c1-3-10-21-12-19-25(23,24)17-11-14(6-9-16(17)21)18(22)20-15-7-4-13(2)5-8-15/h4-9,11-12H,3,10H2,1-2H3,(H,20,22). The van der Waals surface area contributed by atoms with Crippen molar-refractivity contribution < 1.29 is 13.2 Å². The van der Waals surface area contributed by atoms with Crippen molar-refractivity contribution in [1.29, 1.82) is 0 Å². The fourth-order valence-electron chi connectivity index (χ4n) is 2.60. The summed E-state index contributed by atoms with van der Waals surface area (Å²) in [6, 6.07) is 12.0. The third-order valence-electron chi connectivity index (χ3n) is 3.91. The Bertz CT molecular complexity index is 935. The average Bonchev–Trinajstić information content (AvgIpc) is 2.59. The van der Waals surface area contributed by atoms with Gasteiger partial charge < -0.3 is 10.2 Å². The topological polar surface area (TPSA) is 78.8 Å². The smallest absolute Gasteiger partial charge is 0.285 e. The second kappa shape index (κ2) is 6.68. The molecule has 0 atom stereocenters. The number of sulfonamides is 1. The maximum atomic E-state index is 12.4. The molecule has 0 unspecified atom stereocenters. The minimum absolute atomic E-state index is 0.0556. The highest BCUT2D eigenvalue weighted by Crippen LogP contribution is 2.31. The van der Waals surface area contributed by atoms with Crippen LogP contribution >= 0.6 is 0 Å². The average molecular weight is 357 g/mol. The highest BCUT2D eigenvalue weighted by molar-refractivity contribution is 7.90. The van der Waals surface area contributed by atoms with Crippen LogP contribution in [0.4, 0.5) is 11.4 Å². The molecule has 0 saturated heterocycles. The summed E-state index contributed by atoms with van der Waals surface area (Å²) in [6.07, 6.45) is 2.17. The van der Waals surface area contributed by atoms with E-state index in [1.54, 1.807) is 29.2 Å². The van der Waals surface area contributed by atoms with E-state index in [-0.39, 0.29) is 16.4 Å². The Hall–Kier alpha value is -2.67. The molecule has 0 fully saturated rings. The Morgan fingerprint density at radius 3 is 2.56 bits per heavy atom. The molecule has 0 saturated carbocycles. The lowest BCUT2D eigenvalue weighted by Gasteiger charge is -2.25. The predicted molar refractivity (Wildman–Crippen MR) is 98.9 cm³/mol. The monoisotopic (exact) mass is 357 g/mol. The summed E-state index contributed by atoms with van der Waals surface area (Å²) in [5, 5.41) is 2.77. The number of benzene rings is 2. The molecule has 0 spiro atoms. The van der Waals surface area contributed by atoms with Gasteiger partial charge in [-0.3, -0.25) is 4.79 Å². The van der Waals surface area contributed by atoms with Gasteiger partial charge >= 0.3 is 0 Å². The molecule has 0 aliphatic carbocycles. The SMILES string of the molecule is CCCN1C=NS(=O)(=O)c2cc(C(=O)Nc3ccc(C)cc3)ccc21. The van der Waals surface area contributed by atoms with Gasteiger partial charge in [-0.15, -0.1) is 4.40 Å². The van der Waals surface area contributed by atoms with Crippen molar-refractivity contribution in [3.05, 3.63) is 53.6 Å². The van der Waals surface area contributed by atoms with Gasteiger partial charge in [0, 0.05) is 17.8 Å². The minimum atomic E-state index is -3.78. The summed E-state index contributed by atoms with van der Waals surface area (Å²) in [5.41, 5.74) is 2.56. The van der Waals surface area contributed by atoms with E-state index in [2.05, 4.69) is 9.71 Å². The molecule has 1 N–H and O–H groups in total. The highest BCUT2D eigenvalue weighted by Gasteiger charge is 2.26. The van der Waals surface area contributed by atoms with Crippen molar-refractivity contribution in [2.75, 3.05) is 16.8 Å². The molecular formula is C18H19N3O3S.